The van der Waals surface area contributed by atoms with Gasteiger partial charge in [-0.3, -0.25) is 4.79 Å². The highest BCUT2D eigenvalue weighted by atomic mass is 16.5. The van der Waals surface area contributed by atoms with Crippen LogP contribution < -0.4 is 19.7 Å². The van der Waals surface area contributed by atoms with E-state index in [2.05, 4.69) is 18.3 Å². The van der Waals surface area contributed by atoms with Crippen molar-refractivity contribution >= 4 is 11.6 Å². The van der Waals surface area contributed by atoms with E-state index in [4.69, 9.17) is 9.47 Å². The minimum Gasteiger partial charge on any atom is -0.497 e. The van der Waals surface area contributed by atoms with Gasteiger partial charge in [0.1, 0.15) is 17.5 Å². The van der Waals surface area contributed by atoms with Crippen LogP contribution in [0.15, 0.2) is 36.4 Å². The first-order chi connectivity index (χ1) is 13.6. The SMILES string of the molecule is CCc1cccc(C)c1NC(=O)C[NH+]1CCC[C@@H]1c1cc(OC)ccc1OC. The van der Waals surface area contributed by atoms with Crippen molar-refractivity contribution in [1.29, 1.82) is 0 Å². The first-order valence-corrected chi connectivity index (χ1v) is 10.0. The highest BCUT2D eigenvalue weighted by Crippen LogP contribution is 2.31. The van der Waals surface area contributed by atoms with Crippen molar-refractivity contribution in [2.45, 2.75) is 39.2 Å². The van der Waals surface area contributed by atoms with E-state index in [1.807, 2.05) is 37.3 Å². The molecule has 150 valence electrons. The van der Waals surface area contributed by atoms with Crippen LogP contribution in [0.2, 0.25) is 0 Å². The largest absolute Gasteiger partial charge is 0.497 e. The topological polar surface area (TPSA) is 52.0 Å². The second kappa shape index (κ2) is 9.11. The number of hydrogen-bond acceptors (Lipinski definition) is 3. The van der Waals surface area contributed by atoms with Crippen LogP contribution in [0.25, 0.3) is 0 Å². The number of rotatable bonds is 7. The van der Waals surface area contributed by atoms with Crippen molar-refractivity contribution in [2.24, 2.45) is 0 Å². The first kappa shape index (κ1) is 20.2. The molecule has 1 unspecified atom stereocenters. The van der Waals surface area contributed by atoms with Crippen molar-refractivity contribution in [1.82, 2.24) is 0 Å². The smallest absolute Gasteiger partial charge is 0.279 e. The highest BCUT2D eigenvalue weighted by Gasteiger charge is 2.34. The lowest BCUT2D eigenvalue weighted by Crippen LogP contribution is -3.11. The summed E-state index contributed by atoms with van der Waals surface area (Å²) >= 11 is 0. The standard InChI is InChI=1S/C23H30N2O3/c1-5-17-9-6-8-16(2)23(17)24-22(26)15-25-13-7-10-20(25)19-14-18(27-3)11-12-21(19)28-4/h6,8-9,11-12,14,20H,5,7,10,13,15H2,1-4H3,(H,24,26)/p+1/t20-/m1/s1. The molecule has 1 aliphatic heterocycles. The molecule has 1 aliphatic rings. The van der Waals surface area contributed by atoms with Gasteiger partial charge < -0.3 is 19.7 Å². The summed E-state index contributed by atoms with van der Waals surface area (Å²) < 4.78 is 11.0. The summed E-state index contributed by atoms with van der Waals surface area (Å²) in [6, 6.07) is 12.3. The molecule has 28 heavy (non-hydrogen) atoms. The molecular formula is C23H31N2O3+. The summed E-state index contributed by atoms with van der Waals surface area (Å²) in [6.45, 7) is 5.58. The Morgan fingerprint density at radius 1 is 1.21 bits per heavy atom. The molecule has 1 heterocycles. The fraction of sp³-hybridized carbons (Fsp3) is 0.435. The van der Waals surface area contributed by atoms with Crippen molar-refractivity contribution in [3.8, 4) is 11.5 Å². The van der Waals surface area contributed by atoms with E-state index in [0.29, 0.717) is 6.54 Å². The zero-order chi connectivity index (χ0) is 20.1. The van der Waals surface area contributed by atoms with Gasteiger partial charge in [0, 0.05) is 18.5 Å². The van der Waals surface area contributed by atoms with Gasteiger partial charge in [-0.25, -0.2) is 0 Å². The number of anilines is 1. The number of carbonyl (C=O) groups is 1. The molecule has 0 bridgehead atoms. The molecule has 3 rings (SSSR count). The lowest BCUT2D eigenvalue weighted by atomic mass is 10.0. The van der Waals surface area contributed by atoms with Crippen LogP contribution in [-0.4, -0.2) is 33.2 Å². The van der Waals surface area contributed by atoms with Crippen LogP contribution in [0.1, 0.15) is 42.5 Å². The number of para-hydroxylation sites is 1. The summed E-state index contributed by atoms with van der Waals surface area (Å²) in [5.74, 6) is 1.74. The molecule has 2 atom stereocenters. The van der Waals surface area contributed by atoms with E-state index in [9.17, 15) is 4.79 Å². The monoisotopic (exact) mass is 383 g/mol. The predicted molar refractivity (Wildman–Crippen MR) is 111 cm³/mol. The average Bonchev–Trinajstić information content (AvgIpc) is 3.16. The van der Waals surface area contributed by atoms with Gasteiger partial charge in [0.25, 0.3) is 5.91 Å². The van der Waals surface area contributed by atoms with E-state index >= 15 is 0 Å². The van der Waals surface area contributed by atoms with E-state index in [0.717, 1.165) is 54.1 Å². The van der Waals surface area contributed by atoms with Crippen LogP contribution >= 0.6 is 0 Å². The quantitative estimate of drug-likeness (QED) is 0.773. The third kappa shape index (κ3) is 4.30. The van der Waals surface area contributed by atoms with E-state index in [1.165, 1.54) is 10.5 Å². The van der Waals surface area contributed by atoms with Gasteiger partial charge in [0.15, 0.2) is 6.54 Å². The summed E-state index contributed by atoms with van der Waals surface area (Å²) in [7, 11) is 3.36. The van der Waals surface area contributed by atoms with Crippen molar-refractivity contribution in [2.75, 3.05) is 32.6 Å². The maximum atomic E-state index is 12.9. The average molecular weight is 384 g/mol. The molecule has 1 fully saturated rings. The number of quaternary nitrogens is 1. The van der Waals surface area contributed by atoms with Crippen LogP contribution in [-0.2, 0) is 11.2 Å². The third-order valence-electron chi connectivity index (χ3n) is 5.69. The minimum atomic E-state index is 0.0627. The Morgan fingerprint density at radius 3 is 2.75 bits per heavy atom. The molecule has 0 radical (unpaired) electrons. The summed E-state index contributed by atoms with van der Waals surface area (Å²) in [5.41, 5.74) is 4.36. The Balaban J connectivity index is 1.77. The van der Waals surface area contributed by atoms with Crippen molar-refractivity contribution in [3.63, 3.8) is 0 Å². The van der Waals surface area contributed by atoms with Gasteiger partial charge >= 0.3 is 0 Å². The second-order valence-electron chi connectivity index (χ2n) is 7.40. The molecule has 2 aromatic carbocycles. The fourth-order valence-electron chi connectivity index (χ4n) is 4.20. The molecule has 5 heteroatoms. The Kier molecular flexibility index (Phi) is 6.57. The van der Waals surface area contributed by atoms with Crippen LogP contribution in [0.4, 0.5) is 5.69 Å². The Morgan fingerprint density at radius 2 is 2.04 bits per heavy atom. The molecule has 0 spiro atoms. The zero-order valence-electron chi connectivity index (χ0n) is 17.3. The van der Waals surface area contributed by atoms with Crippen molar-refractivity contribution < 1.29 is 19.2 Å². The number of hydrogen-bond donors (Lipinski definition) is 2. The molecular weight excluding hydrogens is 352 g/mol. The van der Waals surface area contributed by atoms with Gasteiger partial charge in [-0.05, 0) is 42.7 Å². The van der Waals surface area contributed by atoms with Crippen LogP contribution in [0.3, 0.4) is 0 Å². The first-order valence-electron chi connectivity index (χ1n) is 10.0. The van der Waals surface area contributed by atoms with Gasteiger partial charge in [-0.15, -0.1) is 0 Å². The number of ether oxygens (including phenoxy) is 2. The Bertz CT molecular complexity index is 835. The number of carbonyl (C=O) groups excluding carboxylic acids is 1. The van der Waals surface area contributed by atoms with Gasteiger partial charge in [0.05, 0.1) is 26.3 Å². The van der Waals surface area contributed by atoms with E-state index in [-0.39, 0.29) is 11.9 Å². The predicted octanol–water partition coefficient (Wildman–Crippen LogP) is 2.93. The Hall–Kier alpha value is -2.53. The summed E-state index contributed by atoms with van der Waals surface area (Å²) in [6.07, 6.45) is 3.03. The molecule has 2 aromatic rings. The Labute approximate surface area is 167 Å². The number of benzene rings is 2. The number of amides is 1. The van der Waals surface area contributed by atoms with E-state index < -0.39 is 0 Å². The molecule has 5 nitrogen and oxygen atoms in total. The molecule has 1 amide bonds. The number of methoxy groups -OCH3 is 2. The summed E-state index contributed by atoms with van der Waals surface area (Å²) in [4.78, 5) is 14.1. The fourth-order valence-corrected chi connectivity index (χ4v) is 4.20. The number of likely N-dealkylation sites (tertiary alicyclic amines) is 1. The molecule has 0 aliphatic carbocycles. The second-order valence-corrected chi connectivity index (χ2v) is 7.40. The lowest BCUT2D eigenvalue weighted by Gasteiger charge is -2.23. The van der Waals surface area contributed by atoms with Crippen LogP contribution in [0, 0.1) is 6.92 Å². The maximum absolute atomic E-state index is 12.9. The van der Waals surface area contributed by atoms with E-state index in [1.54, 1.807) is 14.2 Å². The third-order valence-corrected chi connectivity index (χ3v) is 5.69. The van der Waals surface area contributed by atoms with Gasteiger partial charge in [-0.1, -0.05) is 25.1 Å². The van der Waals surface area contributed by atoms with Gasteiger partial charge in [0.2, 0.25) is 0 Å². The lowest BCUT2D eigenvalue weighted by molar-refractivity contribution is -0.910. The zero-order valence-corrected chi connectivity index (χ0v) is 17.3. The normalized spacial score (nSPS) is 18.7. The van der Waals surface area contributed by atoms with Crippen LogP contribution in [0.5, 0.6) is 11.5 Å². The number of aryl methyl sites for hydroxylation is 2. The maximum Gasteiger partial charge on any atom is 0.279 e. The molecule has 0 saturated carbocycles. The number of nitrogens with one attached hydrogen (secondary N) is 2. The molecule has 2 N–H and O–H groups in total. The minimum absolute atomic E-state index is 0.0627. The van der Waals surface area contributed by atoms with Crippen molar-refractivity contribution in [3.05, 3.63) is 53.1 Å². The molecule has 0 aromatic heterocycles. The highest BCUT2D eigenvalue weighted by molar-refractivity contribution is 5.93. The summed E-state index contributed by atoms with van der Waals surface area (Å²) in [5, 5.41) is 3.16. The van der Waals surface area contributed by atoms with Gasteiger partial charge in [-0.2, -0.15) is 0 Å². The molecule has 1 saturated heterocycles.